The van der Waals surface area contributed by atoms with Gasteiger partial charge in [0.25, 0.3) is 0 Å². The summed E-state index contributed by atoms with van der Waals surface area (Å²) in [5, 5.41) is 18.9. The van der Waals surface area contributed by atoms with Crippen molar-refractivity contribution in [2.24, 2.45) is 0 Å². The standard InChI is InChI=1S/C16H17ClF3NO2S/c1-23-7-2-8-24-11-15(22,16(18,19)20)6-5-12-3-4-13(10-21)14(17)9-12/h3-6,9,22H,2,7-8,11H2,1H3/b6-5+. The molecule has 0 spiro atoms. The maximum Gasteiger partial charge on any atom is 0.421 e. The molecule has 1 N–H and O–H groups in total. The largest absolute Gasteiger partial charge is 0.421 e. The summed E-state index contributed by atoms with van der Waals surface area (Å²) in [4.78, 5) is 0. The smallest absolute Gasteiger partial charge is 0.385 e. The maximum absolute atomic E-state index is 13.2. The fourth-order valence-corrected chi connectivity index (χ4v) is 2.99. The van der Waals surface area contributed by atoms with Crippen molar-refractivity contribution in [3.8, 4) is 6.07 Å². The highest BCUT2D eigenvalue weighted by Gasteiger charge is 2.51. The molecule has 1 rings (SSSR count). The van der Waals surface area contributed by atoms with Gasteiger partial charge in [0.05, 0.1) is 10.6 Å². The number of nitrogens with zero attached hydrogens (tertiary/aromatic N) is 1. The van der Waals surface area contributed by atoms with E-state index in [-0.39, 0.29) is 10.6 Å². The predicted molar refractivity (Wildman–Crippen MR) is 90.0 cm³/mol. The second-order valence-electron chi connectivity index (χ2n) is 5.01. The molecule has 0 radical (unpaired) electrons. The van der Waals surface area contributed by atoms with E-state index in [0.717, 1.165) is 17.8 Å². The van der Waals surface area contributed by atoms with Crippen LogP contribution in [0.2, 0.25) is 5.02 Å². The summed E-state index contributed by atoms with van der Waals surface area (Å²) in [6.45, 7) is 0.455. The van der Waals surface area contributed by atoms with Gasteiger partial charge in [0.2, 0.25) is 0 Å². The molecule has 0 bridgehead atoms. The first-order valence-electron chi connectivity index (χ1n) is 6.98. The van der Waals surface area contributed by atoms with Crippen LogP contribution in [0.3, 0.4) is 0 Å². The molecule has 0 amide bonds. The molecule has 1 aromatic rings. The van der Waals surface area contributed by atoms with E-state index in [1.54, 1.807) is 0 Å². The Morgan fingerprint density at radius 1 is 1.42 bits per heavy atom. The van der Waals surface area contributed by atoms with Crippen molar-refractivity contribution in [2.75, 3.05) is 25.2 Å². The number of hydrogen-bond acceptors (Lipinski definition) is 4. The molecule has 0 aromatic heterocycles. The van der Waals surface area contributed by atoms with Crippen LogP contribution < -0.4 is 0 Å². The van der Waals surface area contributed by atoms with E-state index in [9.17, 15) is 18.3 Å². The SMILES string of the molecule is COCCCSCC(O)(/C=C/c1ccc(C#N)c(Cl)c1)C(F)(F)F. The molecule has 0 fully saturated rings. The van der Waals surface area contributed by atoms with E-state index >= 15 is 0 Å². The van der Waals surface area contributed by atoms with Crippen LogP contribution in [-0.2, 0) is 4.74 Å². The molecule has 8 heteroatoms. The Morgan fingerprint density at radius 2 is 2.12 bits per heavy atom. The fourth-order valence-electron chi connectivity index (χ4n) is 1.72. The van der Waals surface area contributed by atoms with E-state index < -0.39 is 17.5 Å². The molecule has 0 aliphatic heterocycles. The number of rotatable bonds is 8. The average molecular weight is 380 g/mol. The molecule has 132 valence electrons. The van der Waals surface area contributed by atoms with Crippen molar-refractivity contribution in [3.63, 3.8) is 0 Å². The number of thioether (sulfide) groups is 1. The van der Waals surface area contributed by atoms with Gasteiger partial charge in [-0.3, -0.25) is 0 Å². The minimum absolute atomic E-state index is 0.143. The minimum atomic E-state index is -4.80. The average Bonchev–Trinajstić information content (AvgIpc) is 2.52. The quantitative estimate of drug-likeness (QED) is 0.685. The molecule has 24 heavy (non-hydrogen) atoms. The van der Waals surface area contributed by atoms with Crippen LogP contribution in [0.5, 0.6) is 0 Å². The zero-order valence-electron chi connectivity index (χ0n) is 12.9. The monoisotopic (exact) mass is 379 g/mol. The molecular formula is C16H17ClF3NO2S. The Balaban J connectivity index is 2.85. The minimum Gasteiger partial charge on any atom is -0.385 e. The normalized spacial score (nSPS) is 14.5. The maximum atomic E-state index is 13.2. The topological polar surface area (TPSA) is 53.2 Å². The highest BCUT2D eigenvalue weighted by atomic mass is 35.5. The third-order valence-corrected chi connectivity index (χ3v) is 4.65. The van der Waals surface area contributed by atoms with E-state index in [2.05, 4.69) is 0 Å². The number of hydrogen-bond donors (Lipinski definition) is 1. The molecule has 0 saturated carbocycles. The number of aliphatic hydroxyl groups is 1. The molecule has 1 aromatic carbocycles. The Labute approximate surface area is 148 Å². The number of benzene rings is 1. The summed E-state index contributed by atoms with van der Waals surface area (Å²) in [5.41, 5.74) is -2.34. The molecule has 3 nitrogen and oxygen atoms in total. The number of ether oxygens (including phenoxy) is 1. The fraction of sp³-hybridized carbons (Fsp3) is 0.438. The van der Waals surface area contributed by atoms with Gasteiger partial charge in [0.1, 0.15) is 6.07 Å². The van der Waals surface area contributed by atoms with E-state index in [4.69, 9.17) is 21.6 Å². The first kappa shape index (κ1) is 20.8. The van der Waals surface area contributed by atoms with Crippen LogP contribution in [0.4, 0.5) is 13.2 Å². The molecule has 0 aliphatic carbocycles. The molecule has 1 unspecified atom stereocenters. The first-order chi connectivity index (χ1) is 11.2. The van der Waals surface area contributed by atoms with Gasteiger partial charge in [-0.25, -0.2) is 0 Å². The van der Waals surface area contributed by atoms with Gasteiger partial charge in [-0.15, -0.1) is 0 Å². The summed E-state index contributed by atoms with van der Waals surface area (Å²) in [6, 6.07) is 6.11. The lowest BCUT2D eigenvalue weighted by molar-refractivity contribution is -0.230. The van der Waals surface area contributed by atoms with Gasteiger partial charge in [-0.05, 0) is 35.9 Å². The number of nitriles is 1. The van der Waals surface area contributed by atoms with Gasteiger partial charge in [0.15, 0.2) is 5.60 Å². The third-order valence-electron chi connectivity index (χ3n) is 3.12. The lowest BCUT2D eigenvalue weighted by Gasteiger charge is -2.27. The molecular weight excluding hydrogens is 363 g/mol. The van der Waals surface area contributed by atoms with E-state index in [0.29, 0.717) is 30.4 Å². The van der Waals surface area contributed by atoms with Gasteiger partial charge in [-0.2, -0.15) is 30.2 Å². The van der Waals surface area contributed by atoms with Crippen LogP contribution in [0.25, 0.3) is 6.08 Å². The van der Waals surface area contributed by atoms with Crippen LogP contribution in [0.1, 0.15) is 17.5 Å². The van der Waals surface area contributed by atoms with Crippen LogP contribution in [0.15, 0.2) is 24.3 Å². The third kappa shape index (κ3) is 6.02. The lowest BCUT2D eigenvalue weighted by Crippen LogP contribution is -2.45. The highest BCUT2D eigenvalue weighted by molar-refractivity contribution is 7.99. The second kappa shape index (κ2) is 9.33. The molecule has 0 aliphatic rings. The lowest BCUT2D eigenvalue weighted by atomic mass is 10.0. The first-order valence-corrected chi connectivity index (χ1v) is 8.51. The Kier molecular flexibility index (Phi) is 8.10. The van der Waals surface area contributed by atoms with Gasteiger partial charge in [-0.1, -0.05) is 23.7 Å². The van der Waals surface area contributed by atoms with Crippen LogP contribution in [0, 0.1) is 11.3 Å². The summed E-state index contributed by atoms with van der Waals surface area (Å²) >= 11 is 6.85. The van der Waals surface area contributed by atoms with Crippen LogP contribution in [-0.4, -0.2) is 42.1 Å². The van der Waals surface area contributed by atoms with E-state index in [1.165, 1.54) is 25.3 Å². The number of alkyl halides is 3. The summed E-state index contributed by atoms with van der Waals surface area (Å²) in [7, 11) is 1.52. The van der Waals surface area contributed by atoms with Crippen molar-refractivity contribution >= 4 is 29.4 Å². The van der Waals surface area contributed by atoms with Crippen molar-refractivity contribution < 1.29 is 23.0 Å². The van der Waals surface area contributed by atoms with E-state index in [1.807, 2.05) is 6.07 Å². The Bertz CT molecular complexity index is 616. The Morgan fingerprint density at radius 3 is 2.67 bits per heavy atom. The van der Waals surface area contributed by atoms with Crippen molar-refractivity contribution in [3.05, 3.63) is 40.4 Å². The van der Waals surface area contributed by atoms with Crippen molar-refractivity contribution in [2.45, 2.75) is 18.2 Å². The Hall–Kier alpha value is -1.20. The van der Waals surface area contributed by atoms with Crippen molar-refractivity contribution in [1.82, 2.24) is 0 Å². The number of halogens is 4. The molecule has 0 saturated heterocycles. The van der Waals surface area contributed by atoms with Gasteiger partial charge >= 0.3 is 6.18 Å². The molecule has 0 heterocycles. The zero-order chi connectivity index (χ0) is 18.2. The zero-order valence-corrected chi connectivity index (χ0v) is 14.5. The predicted octanol–water partition coefficient (Wildman–Crippen LogP) is 4.29. The summed E-state index contributed by atoms with van der Waals surface area (Å²) in [6.07, 6.45) is -2.33. The van der Waals surface area contributed by atoms with Crippen molar-refractivity contribution in [1.29, 1.82) is 5.26 Å². The number of methoxy groups -OCH3 is 1. The second-order valence-corrected chi connectivity index (χ2v) is 6.52. The molecule has 1 atom stereocenters. The van der Waals surface area contributed by atoms with Crippen LogP contribution >= 0.6 is 23.4 Å². The summed E-state index contributed by atoms with van der Waals surface area (Å²) in [5.74, 6) is -0.0660. The summed E-state index contributed by atoms with van der Waals surface area (Å²) < 4.78 is 44.3. The highest BCUT2D eigenvalue weighted by Crippen LogP contribution is 2.35. The van der Waals surface area contributed by atoms with Gasteiger partial charge < -0.3 is 9.84 Å². The van der Waals surface area contributed by atoms with Gasteiger partial charge in [0, 0.05) is 19.5 Å².